The zero-order valence-electron chi connectivity index (χ0n) is 16.1. The van der Waals surface area contributed by atoms with Gasteiger partial charge in [-0.2, -0.15) is 0 Å². The first-order chi connectivity index (χ1) is 11.4. The van der Waals surface area contributed by atoms with E-state index < -0.39 is 31.4 Å². The molecule has 0 saturated heterocycles. The second kappa shape index (κ2) is 9.88. The van der Waals surface area contributed by atoms with Crippen LogP contribution in [0.25, 0.3) is 0 Å². The summed E-state index contributed by atoms with van der Waals surface area (Å²) in [7, 11) is -9.02. The molecule has 0 radical (unpaired) electrons. The Balaban J connectivity index is 0.00000338. The van der Waals surface area contributed by atoms with Gasteiger partial charge >= 0.3 is 59.1 Å². The third-order valence-electron chi connectivity index (χ3n) is 4.16. The van der Waals surface area contributed by atoms with Crippen molar-refractivity contribution < 1.29 is 85.1 Å². The van der Waals surface area contributed by atoms with Gasteiger partial charge in [0.1, 0.15) is 10.1 Å². The fourth-order valence-electron chi connectivity index (χ4n) is 2.94. The number of rotatable bonds is 5. The van der Waals surface area contributed by atoms with Crippen LogP contribution < -0.4 is 64.0 Å². The number of hydrogen-bond donors (Lipinski definition) is 0. The van der Waals surface area contributed by atoms with Crippen molar-refractivity contribution >= 4 is 25.9 Å². The molecule has 2 rings (SSSR count). The molecule has 0 aromatic heterocycles. The van der Waals surface area contributed by atoms with E-state index in [0.717, 1.165) is 0 Å². The molecule has 0 saturated carbocycles. The van der Waals surface area contributed by atoms with Gasteiger partial charge in [-0.3, -0.25) is 0 Å². The summed E-state index contributed by atoms with van der Waals surface area (Å²) in [6, 6.07) is 3.97. The van der Waals surface area contributed by atoms with Gasteiger partial charge in [-0.05, 0) is 36.8 Å². The molecule has 138 valence electrons. The van der Waals surface area contributed by atoms with Crippen molar-refractivity contribution in [1.29, 1.82) is 0 Å². The van der Waals surface area contributed by atoms with Crippen LogP contribution in [-0.2, 0) is 25.7 Å². The van der Waals surface area contributed by atoms with Crippen LogP contribution >= 0.6 is 0 Å². The summed E-state index contributed by atoms with van der Waals surface area (Å²) in [6.07, 6.45) is 5.35. The molecule has 1 aromatic rings. The molecule has 0 atom stereocenters. The number of nitrogens with zero attached hydrogens (tertiary/aromatic N) is 1. The average Bonchev–Trinajstić information content (AvgIpc) is 2.68. The van der Waals surface area contributed by atoms with Gasteiger partial charge in [0.25, 0.3) is 0 Å². The van der Waals surface area contributed by atoms with E-state index in [1.807, 2.05) is 20.8 Å². The minimum absolute atomic E-state index is 0. The number of hydrogen-bond acceptors (Lipinski definition) is 7. The predicted octanol–water partition coefficient (Wildman–Crippen LogP) is -4.30. The maximum Gasteiger partial charge on any atom is 1.00 e. The second-order valence-corrected chi connectivity index (χ2v) is 9.15. The summed E-state index contributed by atoms with van der Waals surface area (Å²) >= 11 is 0. The number of anilines is 1. The van der Waals surface area contributed by atoms with Crippen molar-refractivity contribution in [2.75, 3.05) is 17.2 Å². The fraction of sp³-hybridized carbons (Fsp3) is 0.375. The van der Waals surface area contributed by atoms with Crippen LogP contribution in [0.1, 0.15) is 26.3 Å². The van der Waals surface area contributed by atoms with Crippen LogP contribution in [0.2, 0.25) is 0 Å². The minimum Gasteiger partial charge on any atom is -0.748 e. The molecule has 0 N–H and O–H groups in total. The maximum atomic E-state index is 11.3. The quantitative estimate of drug-likeness (QED) is 0.342. The zero-order chi connectivity index (χ0) is 19.0. The molecular weight excluding hydrogens is 412 g/mol. The minimum atomic E-state index is -4.61. The summed E-state index contributed by atoms with van der Waals surface area (Å²) in [5.74, 6) is -0.586. The van der Waals surface area contributed by atoms with Gasteiger partial charge in [0.15, 0.2) is 0 Å². The molecule has 1 aromatic carbocycles. The SMILES string of the molecule is CC=C/C=C1/N(CCS(=O)(=O)[O-])c2ccc(S(=O)(=O)[O-])cc2C1(C)C.[Na+].[Na+]. The van der Waals surface area contributed by atoms with Gasteiger partial charge in [0.2, 0.25) is 0 Å². The van der Waals surface area contributed by atoms with E-state index in [1.165, 1.54) is 18.2 Å². The normalized spacial score (nSPS) is 17.5. The Morgan fingerprint density at radius 3 is 2.19 bits per heavy atom. The van der Waals surface area contributed by atoms with Crippen LogP contribution in [0.5, 0.6) is 0 Å². The van der Waals surface area contributed by atoms with Crippen molar-refractivity contribution in [3.63, 3.8) is 0 Å². The first kappa shape index (κ1) is 27.3. The van der Waals surface area contributed by atoms with Crippen LogP contribution in [0, 0.1) is 0 Å². The van der Waals surface area contributed by atoms with Gasteiger partial charge in [0.05, 0.1) is 20.8 Å². The first-order valence-electron chi connectivity index (χ1n) is 7.53. The monoisotopic (exact) mass is 431 g/mol. The molecule has 0 fully saturated rings. The summed E-state index contributed by atoms with van der Waals surface area (Å²) < 4.78 is 67.1. The predicted molar refractivity (Wildman–Crippen MR) is 92.2 cm³/mol. The summed E-state index contributed by atoms with van der Waals surface area (Å²) in [5.41, 5.74) is 1.22. The smallest absolute Gasteiger partial charge is 0.748 e. The molecule has 0 bridgehead atoms. The molecular formula is C16H19NNa2O6S2. The molecule has 1 aliphatic rings. The van der Waals surface area contributed by atoms with E-state index in [1.54, 1.807) is 23.1 Å². The van der Waals surface area contributed by atoms with E-state index in [4.69, 9.17) is 0 Å². The van der Waals surface area contributed by atoms with Crippen molar-refractivity contribution in [3.05, 3.63) is 47.7 Å². The van der Waals surface area contributed by atoms with Crippen LogP contribution in [0.3, 0.4) is 0 Å². The van der Waals surface area contributed by atoms with Gasteiger partial charge < -0.3 is 14.0 Å². The second-order valence-electron chi connectivity index (χ2n) is 6.25. The third-order valence-corrected chi connectivity index (χ3v) is 5.68. The van der Waals surface area contributed by atoms with Crippen LogP contribution in [0.4, 0.5) is 5.69 Å². The topological polar surface area (TPSA) is 118 Å². The van der Waals surface area contributed by atoms with E-state index in [9.17, 15) is 25.9 Å². The van der Waals surface area contributed by atoms with E-state index >= 15 is 0 Å². The van der Waals surface area contributed by atoms with E-state index in [2.05, 4.69) is 0 Å². The molecule has 0 unspecified atom stereocenters. The van der Waals surface area contributed by atoms with E-state index in [0.29, 0.717) is 16.9 Å². The average molecular weight is 431 g/mol. The van der Waals surface area contributed by atoms with Gasteiger partial charge in [-0.1, -0.05) is 26.0 Å². The Bertz CT molecular complexity index is 953. The first-order valence-corrected chi connectivity index (χ1v) is 10.5. The number of benzene rings is 1. The molecule has 1 aliphatic heterocycles. The molecule has 0 aliphatic carbocycles. The van der Waals surface area contributed by atoms with E-state index in [-0.39, 0.29) is 70.6 Å². The van der Waals surface area contributed by atoms with Crippen molar-refractivity contribution in [1.82, 2.24) is 0 Å². The van der Waals surface area contributed by atoms with Crippen molar-refractivity contribution in [2.24, 2.45) is 0 Å². The zero-order valence-corrected chi connectivity index (χ0v) is 21.7. The van der Waals surface area contributed by atoms with Gasteiger partial charge in [-0.25, -0.2) is 16.8 Å². The van der Waals surface area contributed by atoms with Gasteiger partial charge in [0, 0.05) is 23.3 Å². The van der Waals surface area contributed by atoms with Crippen molar-refractivity contribution in [3.8, 4) is 0 Å². The largest absolute Gasteiger partial charge is 1.00 e. The Hall–Kier alpha value is 0.320. The standard InChI is InChI=1S/C16H21NO6S2.2Na/c1-4-5-6-15-16(2,3)13-11-12(25(21,22)23)7-8-14(13)17(15)9-10-24(18,19)20;;/h4-8,11H,9-10H2,1-3H3,(H,18,19,20)(H,21,22,23);;/q;2*+1/p-2/b5-4?,15-6+;;. The Morgan fingerprint density at radius 1 is 1.11 bits per heavy atom. The molecule has 27 heavy (non-hydrogen) atoms. The van der Waals surface area contributed by atoms with Crippen molar-refractivity contribution in [2.45, 2.75) is 31.1 Å². The molecule has 0 spiro atoms. The summed E-state index contributed by atoms with van der Waals surface area (Å²) in [6.45, 7) is 5.44. The van der Waals surface area contributed by atoms with Crippen LogP contribution in [0.15, 0.2) is 47.0 Å². The number of allylic oxidation sites excluding steroid dienone is 4. The molecule has 7 nitrogen and oxygen atoms in total. The molecule has 0 amide bonds. The third kappa shape index (κ3) is 6.40. The van der Waals surface area contributed by atoms with Gasteiger partial charge in [-0.15, -0.1) is 0 Å². The Labute approximate surface area is 205 Å². The Kier molecular flexibility index (Phi) is 10.0. The number of fused-ring (bicyclic) bond motifs is 1. The fourth-order valence-corrected chi connectivity index (χ4v) is 3.84. The Morgan fingerprint density at radius 2 is 1.70 bits per heavy atom. The molecule has 1 heterocycles. The van der Waals surface area contributed by atoms with Crippen LogP contribution in [-0.4, -0.2) is 38.2 Å². The summed E-state index contributed by atoms with van der Waals surface area (Å²) in [4.78, 5) is 1.33. The summed E-state index contributed by atoms with van der Waals surface area (Å²) in [5, 5.41) is 0. The maximum absolute atomic E-state index is 11.3. The molecule has 11 heteroatoms.